The number of amides is 1. The van der Waals surface area contributed by atoms with Gasteiger partial charge in [0.05, 0.1) is 6.61 Å². The summed E-state index contributed by atoms with van der Waals surface area (Å²) in [5.74, 6) is 0.735. The second kappa shape index (κ2) is 5.47. The molecule has 0 aromatic rings. The number of hydrogen-bond donors (Lipinski definition) is 1. The molecule has 1 rings (SSSR count). The van der Waals surface area contributed by atoms with Crippen LogP contribution in [0.15, 0.2) is 0 Å². The van der Waals surface area contributed by atoms with Crippen molar-refractivity contribution in [3.05, 3.63) is 0 Å². The monoisotopic (exact) mass is 214 g/mol. The Morgan fingerprint density at radius 1 is 1.60 bits per heavy atom. The maximum atomic E-state index is 11.9. The van der Waals surface area contributed by atoms with Crippen molar-refractivity contribution in [2.75, 3.05) is 20.3 Å². The first-order chi connectivity index (χ1) is 7.06. The predicted molar refractivity (Wildman–Crippen MR) is 59.4 cm³/mol. The largest absolute Gasteiger partial charge is 0.383 e. The highest BCUT2D eigenvalue weighted by atomic mass is 16.5. The molecule has 3 unspecified atom stereocenters. The Morgan fingerprint density at radius 2 is 2.27 bits per heavy atom. The van der Waals surface area contributed by atoms with Crippen LogP contribution in [0.1, 0.15) is 26.7 Å². The summed E-state index contributed by atoms with van der Waals surface area (Å²) in [7, 11) is 1.56. The van der Waals surface area contributed by atoms with Crippen molar-refractivity contribution in [3.63, 3.8) is 0 Å². The zero-order chi connectivity index (χ0) is 11.4. The van der Waals surface area contributed by atoms with Gasteiger partial charge >= 0.3 is 0 Å². The molecule has 0 saturated carbocycles. The lowest BCUT2D eigenvalue weighted by atomic mass is 9.93. The van der Waals surface area contributed by atoms with Gasteiger partial charge in [0.25, 0.3) is 0 Å². The third-order valence-electron chi connectivity index (χ3n) is 3.08. The van der Waals surface area contributed by atoms with Gasteiger partial charge in [0.15, 0.2) is 0 Å². The highest BCUT2D eigenvalue weighted by molar-refractivity contribution is 5.82. The van der Waals surface area contributed by atoms with Gasteiger partial charge < -0.3 is 15.4 Å². The molecule has 3 atom stereocenters. The molecule has 1 aliphatic heterocycles. The van der Waals surface area contributed by atoms with Crippen molar-refractivity contribution in [3.8, 4) is 0 Å². The van der Waals surface area contributed by atoms with Crippen LogP contribution in [0.3, 0.4) is 0 Å². The van der Waals surface area contributed by atoms with Gasteiger partial charge in [-0.2, -0.15) is 0 Å². The Bertz CT molecular complexity index is 221. The number of hydrogen-bond acceptors (Lipinski definition) is 3. The molecule has 4 nitrogen and oxygen atoms in total. The van der Waals surface area contributed by atoms with E-state index in [1.807, 2.05) is 4.90 Å². The predicted octanol–water partition coefficient (Wildman–Crippen LogP) is 0.607. The number of nitrogens with zero attached hydrogens (tertiary/aromatic N) is 1. The number of carbonyl (C=O) groups excluding carboxylic acids is 1. The van der Waals surface area contributed by atoms with Crippen LogP contribution in [0.5, 0.6) is 0 Å². The number of piperidine rings is 1. The van der Waals surface area contributed by atoms with Crippen molar-refractivity contribution < 1.29 is 9.53 Å². The summed E-state index contributed by atoms with van der Waals surface area (Å²) in [6, 6.07) is -0.199. The highest BCUT2D eigenvalue weighted by Gasteiger charge is 2.29. The van der Waals surface area contributed by atoms with E-state index in [1.54, 1.807) is 7.11 Å². The maximum Gasteiger partial charge on any atom is 0.242 e. The van der Waals surface area contributed by atoms with E-state index in [2.05, 4.69) is 13.8 Å². The Balaban J connectivity index is 2.52. The third kappa shape index (κ3) is 3.18. The first kappa shape index (κ1) is 12.5. The molecule has 0 aromatic heterocycles. The summed E-state index contributed by atoms with van der Waals surface area (Å²) in [6.45, 7) is 5.46. The standard InChI is InChI=1S/C11H22N2O2/c1-8-4-5-13(9(2)6-8)11(14)10(12)7-15-3/h8-10H,4-7,12H2,1-3H3. The number of likely N-dealkylation sites (tertiary alicyclic amines) is 1. The number of methoxy groups -OCH3 is 1. The van der Waals surface area contributed by atoms with Crippen molar-refractivity contribution in [1.82, 2.24) is 4.90 Å². The van der Waals surface area contributed by atoms with E-state index in [0.717, 1.165) is 19.4 Å². The van der Waals surface area contributed by atoms with E-state index in [4.69, 9.17) is 10.5 Å². The molecule has 1 amide bonds. The average Bonchev–Trinajstić information content (AvgIpc) is 2.17. The van der Waals surface area contributed by atoms with E-state index < -0.39 is 6.04 Å². The SMILES string of the molecule is COCC(N)C(=O)N1CCC(C)CC1C. The summed E-state index contributed by atoms with van der Waals surface area (Å²) >= 11 is 0. The van der Waals surface area contributed by atoms with E-state index >= 15 is 0 Å². The van der Waals surface area contributed by atoms with Crippen LogP contribution >= 0.6 is 0 Å². The van der Waals surface area contributed by atoms with Gasteiger partial charge in [-0.25, -0.2) is 0 Å². The number of ether oxygens (including phenoxy) is 1. The summed E-state index contributed by atoms with van der Waals surface area (Å²) in [4.78, 5) is 13.8. The van der Waals surface area contributed by atoms with Gasteiger partial charge in [-0.3, -0.25) is 4.79 Å². The molecule has 1 heterocycles. The molecule has 0 aliphatic carbocycles. The van der Waals surface area contributed by atoms with Gasteiger partial charge in [-0.1, -0.05) is 6.92 Å². The summed E-state index contributed by atoms with van der Waals surface area (Å²) in [6.07, 6.45) is 2.15. The van der Waals surface area contributed by atoms with Crippen molar-refractivity contribution in [1.29, 1.82) is 0 Å². The van der Waals surface area contributed by atoms with Crippen molar-refractivity contribution in [2.24, 2.45) is 11.7 Å². The second-order valence-corrected chi connectivity index (χ2v) is 4.57. The lowest BCUT2D eigenvalue weighted by molar-refractivity contribution is -0.137. The first-order valence-electron chi connectivity index (χ1n) is 5.61. The lowest BCUT2D eigenvalue weighted by Gasteiger charge is -2.37. The molecule has 1 aliphatic rings. The maximum absolute atomic E-state index is 11.9. The van der Waals surface area contributed by atoms with E-state index in [1.165, 1.54) is 0 Å². The molecule has 0 radical (unpaired) electrons. The molecule has 1 saturated heterocycles. The molecule has 2 N–H and O–H groups in total. The molecule has 0 spiro atoms. The molecule has 0 aromatic carbocycles. The topological polar surface area (TPSA) is 55.6 Å². The molecule has 4 heteroatoms. The Morgan fingerprint density at radius 3 is 2.80 bits per heavy atom. The highest BCUT2D eigenvalue weighted by Crippen LogP contribution is 2.22. The van der Waals surface area contributed by atoms with Gasteiger partial charge in [0, 0.05) is 19.7 Å². The van der Waals surface area contributed by atoms with Crippen LogP contribution in [0.2, 0.25) is 0 Å². The van der Waals surface area contributed by atoms with Crippen LogP contribution in [-0.2, 0) is 9.53 Å². The van der Waals surface area contributed by atoms with Crippen LogP contribution in [0, 0.1) is 5.92 Å². The van der Waals surface area contributed by atoms with Gasteiger partial charge in [-0.15, -0.1) is 0 Å². The van der Waals surface area contributed by atoms with Gasteiger partial charge in [0.1, 0.15) is 6.04 Å². The van der Waals surface area contributed by atoms with E-state index in [0.29, 0.717) is 18.6 Å². The summed E-state index contributed by atoms with van der Waals surface area (Å²) in [5.41, 5.74) is 5.74. The summed E-state index contributed by atoms with van der Waals surface area (Å²) < 4.78 is 4.90. The van der Waals surface area contributed by atoms with Gasteiger partial charge in [0.2, 0.25) is 5.91 Å². The Hall–Kier alpha value is -0.610. The van der Waals surface area contributed by atoms with Gasteiger partial charge in [-0.05, 0) is 25.7 Å². The Labute approximate surface area is 91.8 Å². The fourth-order valence-corrected chi connectivity index (χ4v) is 2.20. The number of nitrogens with two attached hydrogens (primary N) is 1. The third-order valence-corrected chi connectivity index (χ3v) is 3.08. The Kier molecular flexibility index (Phi) is 4.54. The minimum atomic E-state index is -0.508. The van der Waals surface area contributed by atoms with Crippen molar-refractivity contribution in [2.45, 2.75) is 38.8 Å². The fraction of sp³-hybridized carbons (Fsp3) is 0.909. The molecule has 0 bridgehead atoms. The zero-order valence-corrected chi connectivity index (χ0v) is 9.90. The van der Waals surface area contributed by atoms with Crippen LogP contribution in [0.25, 0.3) is 0 Å². The zero-order valence-electron chi connectivity index (χ0n) is 9.90. The fourth-order valence-electron chi connectivity index (χ4n) is 2.20. The molecule has 15 heavy (non-hydrogen) atoms. The smallest absolute Gasteiger partial charge is 0.242 e. The lowest BCUT2D eigenvalue weighted by Crippen LogP contribution is -2.52. The minimum absolute atomic E-state index is 0.0243. The summed E-state index contributed by atoms with van der Waals surface area (Å²) in [5, 5.41) is 0. The quantitative estimate of drug-likeness (QED) is 0.749. The van der Waals surface area contributed by atoms with E-state index in [9.17, 15) is 4.79 Å². The normalized spacial score (nSPS) is 28.9. The van der Waals surface area contributed by atoms with Crippen LogP contribution in [-0.4, -0.2) is 43.2 Å². The van der Waals surface area contributed by atoms with Crippen LogP contribution < -0.4 is 5.73 Å². The number of rotatable bonds is 3. The molecule has 1 fully saturated rings. The first-order valence-corrected chi connectivity index (χ1v) is 5.61. The van der Waals surface area contributed by atoms with E-state index in [-0.39, 0.29) is 5.91 Å². The number of carbonyl (C=O) groups is 1. The molecular weight excluding hydrogens is 192 g/mol. The molecule has 88 valence electrons. The average molecular weight is 214 g/mol. The van der Waals surface area contributed by atoms with Crippen molar-refractivity contribution >= 4 is 5.91 Å². The van der Waals surface area contributed by atoms with Crippen LogP contribution in [0.4, 0.5) is 0 Å². The molecular formula is C11H22N2O2. The second-order valence-electron chi connectivity index (χ2n) is 4.57. The minimum Gasteiger partial charge on any atom is -0.383 e.